The first-order valence-electron chi connectivity index (χ1n) is 6.54. The van der Waals surface area contributed by atoms with Gasteiger partial charge in [0, 0.05) is 17.9 Å². The number of nitro groups is 1. The number of hydrogen-bond acceptors (Lipinski definition) is 4. The van der Waals surface area contributed by atoms with Gasteiger partial charge in [0.05, 0.1) is 17.4 Å². The molecule has 1 aliphatic carbocycles. The van der Waals surface area contributed by atoms with Crippen LogP contribution in [-0.4, -0.2) is 17.4 Å². The van der Waals surface area contributed by atoms with Crippen molar-refractivity contribution in [1.82, 2.24) is 0 Å². The highest BCUT2D eigenvalue weighted by atomic mass is 16.6. The summed E-state index contributed by atoms with van der Waals surface area (Å²) in [6, 6.07) is 3.39. The van der Waals surface area contributed by atoms with Crippen LogP contribution in [-0.2, 0) is 0 Å². The number of benzene rings is 1. The van der Waals surface area contributed by atoms with Crippen LogP contribution in [0.4, 0.5) is 5.69 Å². The second kappa shape index (κ2) is 5.11. The number of aryl methyl sites for hydroxylation is 2. The predicted octanol–water partition coefficient (Wildman–Crippen LogP) is 2.70. The molecule has 0 unspecified atom stereocenters. The molecule has 20 heavy (non-hydrogen) atoms. The van der Waals surface area contributed by atoms with Crippen molar-refractivity contribution in [3.05, 3.63) is 33.4 Å². The van der Waals surface area contributed by atoms with Crippen LogP contribution in [0.25, 0.3) is 0 Å². The lowest BCUT2D eigenvalue weighted by molar-refractivity contribution is -0.386. The van der Waals surface area contributed by atoms with Gasteiger partial charge in [0.15, 0.2) is 5.75 Å². The van der Waals surface area contributed by atoms with Crippen molar-refractivity contribution in [3.63, 3.8) is 0 Å². The molecule has 0 aromatic heterocycles. The molecule has 1 aromatic rings. The SMILES string of the molecule is Cc1cc(C)c(OCC2(CC(=N)N)CC2)c([N+](=O)[O-])c1. The highest BCUT2D eigenvalue weighted by Gasteiger charge is 2.44. The minimum Gasteiger partial charge on any atom is -0.486 e. The summed E-state index contributed by atoms with van der Waals surface area (Å²) in [7, 11) is 0. The van der Waals surface area contributed by atoms with Crippen molar-refractivity contribution in [1.29, 1.82) is 5.41 Å². The van der Waals surface area contributed by atoms with Gasteiger partial charge in [0.2, 0.25) is 0 Å². The molecule has 0 bridgehead atoms. The summed E-state index contributed by atoms with van der Waals surface area (Å²) in [4.78, 5) is 10.7. The summed E-state index contributed by atoms with van der Waals surface area (Å²) < 4.78 is 5.72. The van der Waals surface area contributed by atoms with Crippen molar-refractivity contribution < 1.29 is 9.66 Å². The third-order valence-corrected chi connectivity index (χ3v) is 3.64. The zero-order chi connectivity index (χ0) is 14.9. The lowest BCUT2D eigenvalue weighted by Crippen LogP contribution is -2.22. The van der Waals surface area contributed by atoms with Gasteiger partial charge in [-0.05, 0) is 37.8 Å². The van der Waals surface area contributed by atoms with Crippen LogP contribution in [0.15, 0.2) is 12.1 Å². The van der Waals surface area contributed by atoms with E-state index < -0.39 is 4.92 Å². The van der Waals surface area contributed by atoms with Gasteiger partial charge in [0.1, 0.15) is 0 Å². The molecule has 0 heterocycles. The van der Waals surface area contributed by atoms with Crippen LogP contribution < -0.4 is 10.5 Å². The lowest BCUT2D eigenvalue weighted by atomic mass is 10.0. The number of hydrogen-bond donors (Lipinski definition) is 2. The number of nitro benzene ring substituents is 1. The van der Waals surface area contributed by atoms with Crippen molar-refractivity contribution in [2.24, 2.45) is 11.1 Å². The fourth-order valence-electron chi connectivity index (χ4n) is 2.43. The van der Waals surface area contributed by atoms with Gasteiger partial charge in [-0.3, -0.25) is 15.5 Å². The number of amidine groups is 1. The quantitative estimate of drug-likeness (QED) is 0.361. The average molecular weight is 277 g/mol. The Bertz CT molecular complexity index is 565. The predicted molar refractivity (Wildman–Crippen MR) is 76.3 cm³/mol. The Balaban J connectivity index is 2.17. The van der Waals surface area contributed by atoms with E-state index in [2.05, 4.69) is 0 Å². The molecule has 0 aliphatic heterocycles. The molecule has 1 aliphatic rings. The Labute approximate surface area is 117 Å². The molecule has 0 amide bonds. The Morgan fingerprint density at radius 1 is 1.50 bits per heavy atom. The standard InChI is InChI=1S/C14H19N3O3/c1-9-5-10(2)13(11(6-9)17(18)19)20-8-14(3-4-14)7-12(15)16/h5-6H,3-4,7-8H2,1-2H3,(H3,15,16). The molecule has 0 radical (unpaired) electrons. The average Bonchev–Trinajstić information content (AvgIpc) is 3.06. The molecule has 108 valence electrons. The van der Waals surface area contributed by atoms with Gasteiger partial charge in [0.25, 0.3) is 0 Å². The minimum absolute atomic E-state index is 0.00104. The molecule has 1 saturated carbocycles. The zero-order valence-electron chi connectivity index (χ0n) is 11.7. The fraction of sp³-hybridized carbons (Fsp3) is 0.500. The normalized spacial score (nSPS) is 15.7. The van der Waals surface area contributed by atoms with E-state index in [4.69, 9.17) is 15.9 Å². The van der Waals surface area contributed by atoms with Crippen molar-refractivity contribution >= 4 is 11.5 Å². The first-order valence-corrected chi connectivity index (χ1v) is 6.54. The molecule has 3 N–H and O–H groups in total. The van der Waals surface area contributed by atoms with Gasteiger partial charge in [-0.1, -0.05) is 6.07 Å². The fourth-order valence-corrected chi connectivity index (χ4v) is 2.43. The van der Waals surface area contributed by atoms with E-state index in [0.717, 1.165) is 24.0 Å². The van der Waals surface area contributed by atoms with Crippen LogP contribution >= 0.6 is 0 Å². The first-order chi connectivity index (χ1) is 9.33. The Hall–Kier alpha value is -2.11. The number of rotatable bonds is 6. The van der Waals surface area contributed by atoms with Gasteiger partial charge < -0.3 is 10.5 Å². The molecule has 0 atom stereocenters. The van der Waals surface area contributed by atoms with E-state index in [1.54, 1.807) is 6.92 Å². The maximum absolute atomic E-state index is 11.1. The molecular weight excluding hydrogens is 258 g/mol. The van der Waals surface area contributed by atoms with Crippen molar-refractivity contribution in [3.8, 4) is 5.75 Å². The third kappa shape index (κ3) is 3.07. The summed E-state index contributed by atoms with van der Waals surface area (Å²) in [6.07, 6.45) is 2.39. The topological polar surface area (TPSA) is 102 Å². The summed E-state index contributed by atoms with van der Waals surface area (Å²) in [6.45, 7) is 4.00. The second-order valence-electron chi connectivity index (χ2n) is 5.68. The van der Waals surface area contributed by atoms with Gasteiger partial charge >= 0.3 is 5.69 Å². The minimum atomic E-state index is -0.417. The summed E-state index contributed by atoms with van der Waals surface area (Å²) in [5.74, 6) is 0.469. The maximum atomic E-state index is 11.1. The number of nitrogens with two attached hydrogens (primary N) is 1. The molecule has 6 nitrogen and oxygen atoms in total. The Kier molecular flexibility index (Phi) is 3.65. The Morgan fingerprint density at radius 2 is 2.15 bits per heavy atom. The second-order valence-corrected chi connectivity index (χ2v) is 5.68. The van der Waals surface area contributed by atoms with E-state index in [1.165, 1.54) is 6.07 Å². The molecule has 0 spiro atoms. The van der Waals surface area contributed by atoms with E-state index in [1.807, 2.05) is 13.0 Å². The first kappa shape index (κ1) is 14.3. The summed E-state index contributed by atoms with van der Waals surface area (Å²) in [5, 5.41) is 18.5. The van der Waals surface area contributed by atoms with E-state index in [-0.39, 0.29) is 16.9 Å². The lowest BCUT2D eigenvalue weighted by Gasteiger charge is -2.17. The van der Waals surface area contributed by atoms with Gasteiger partial charge in [-0.15, -0.1) is 0 Å². The van der Waals surface area contributed by atoms with E-state index in [0.29, 0.717) is 18.8 Å². The molecular formula is C14H19N3O3. The Morgan fingerprint density at radius 3 is 2.65 bits per heavy atom. The van der Waals surface area contributed by atoms with Gasteiger partial charge in [-0.2, -0.15) is 0 Å². The van der Waals surface area contributed by atoms with Gasteiger partial charge in [-0.25, -0.2) is 0 Å². The summed E-state index contributed by atoms with van der Waals surface area (Å²) in [5.41, 5.74) is 6.93. The monoisotopic (exact) mass is 277 g/mol. The van der Waals surface area contributed by atoms with Crippen molar-refractivity contribution in [2.45, 2.75) is 33.1 Å². The maximum Gasteiger partial charge on any atom is 0.311 e. The van der Waals surface area contributed by atoms with Crippen LogP contribution in [0.5, 0.6) is 5.75 Å². The van der Waals surface area contributed by atoms with Crippen LogP contribution in [0.1, 0.15) is 30.4 Å². The summed E-state index contributed by atoms with van der Waals surface area (Å²) >= 11 is 0. The third-order valence-electron chi connectivity index (χ3n) is 3.64. The van der Waals surface area contributed by atoms with Crippen molar-refractivity contribution in [2.75, 3.05) is 6.61 Å². The largest absolute Gasteiger partial charge is 0.486 e. The molecule has 0 saturated heterocycles. The van der Waals surface area contributed by atoms with Crippen LogP contribution in [0.3, 0.4) is 0 Å². The highest BCUT2D eigenvalue weighted by molar-refractivity contribution is 5.78. The number of nitrogens with zero attached hydrogens (tertiary/aromatic N) is 1. The van der Waals surface area contributed by atoms with Crippen LogP contribution in [0.2, 0.25) is 0 Å². The highest BCUT2D eigenvalue weighted by Crippen LogP contribution is 2.49. The number of nitrogens with one attached hydrogen (secondary N) is 1. The van der Waals surface area contributed by atoms with Crippen LogP contribution in [0, 0.1) is 34.8 Å². The molecule has 1 fully saturated rings. The zero-order valence-corrected chi connectivity index (χ0v) is 11.7. The molecule has 6 heteroatoms. The molecule has 2 rings (SSSR count). The van der Waals surface area contributed by atoms with E-state index in [9.17, 15) is 10.1 Å². The van der Waals surface area contributed by atoms with E-state index >= 15 is 0 Å². The smallest absolute Gasteiger partial charge is 0.311 e. The molecule has 1 aromatic carbocycles. The number of ether oxygens (including phenoxy) is 1.